The minimum Gasteiger partial charge on any atom is -0.324 e. The fourth-order valence-electron chi connectivity index (χ4n) is 2.44. The molecule has 3 aromatic rings. The fraction of sp³-hybridized carbons (Fsp3) is 0.105. The number of amides is 1. The first kappa shape index (κ1) is 21.6. The first-order valence-electron chi connectivity index (χ1n) is 8.26. The van der Waals surface area contributed by atoms with E-state index in [-0.39, 0.29) is 27.5 Å². The van der Waals surface area contributed by atoms with Crippen molar-refractivity contribution in [2.75, 3.05) is 11.1 Å². The van der Waals surface area contributed by atoms with Gasteiger partial charge in [-0.25, -0.2) is 4.39 Å². The number of thioether (sulfide) groups is 1. The fourth-order valence-corrected chi connectivity index (χ4v) is 3.78. The molecule has 5 nitrogen and oxygen atoms in total. The lowest BCUT2D eigenvalue weighted by molar-refractivity contribution is -0.113. The molecule has 0 bridgehead atoms. The second kappa shape index (κ2) is 9.63. The third-order valence-corrected chi connectivity index (χ3v) is 5.75. The molecule has 1 heterocycles. The van der Waals surface area contributed by atoms with E-state index in [1.54, 1.807) is 22.8 Å². The Balaban J connectivity index is 1.73. The number of nitrogens with zero attached hydrogens (tertiary/aromatic N) is 3. The molecule has 2 aromatic carbocycles. The second-order valence-electron chi connectivity index (χ2n) is 5.80. The molecule has 150 valence electrons. The molecule has 10 heteroatoms. The highest BCUT2D eigenvalue weighted by atomic mass is 35.5. The highest BCUT2D eigenvalue weighted by molar-refractivity contribution is 7.99. The maximum atomic E-state index is 13.2. The minimum atomic E-state index is -0.337. The van der Waals surface area contributed by atoms with Crippen LogP contribution in [0, 0.1) is 5.82 Å². The number of benzene rings is 2. The van der Waals surface area contributed by atoms with Crippen molar-refractivity contribution < 1.29 is 9.18 Å². The first-order chi connectivity index (χ1) is 13.9. The van der Waals surface area contributed by atoms with Crippen LogP contribution < -0.4 is 5.32 Å². The molecule has 1 aromatic heterocycles. The summed E-state index contributed by atoms with van der Waals surface area (Å²) >= 11 is 19.1. The van der Waals surface area contributed by atoms with Crippen molar-refractivity contribution in [2.45, 2.75) is 11.7 Å². The average Bonchev–Trinajstić information content (AvgIpc) is 3.08. The number of halogens is 4. The standard InChI is InChI=1S/C19H14Cl3FN4OS/c1-2-7-27-18(11-3-5-12(23)6-4-11)25-26-19(27)29-10-17(28)24-16-9-14(21)13(20)8-15(16)22/h2-6,8-9H,1,7,10H2,(H,24,28). The molecule has 1 N–H and O–H groups in total. The smallest absolute Gasteiger partial charge is 0.234 e. The number of carbonyl (C=O) groups is 1. The van der Waals surface area contributed by atoms with Crippen molar-refractivity contribution in [3.05, 3.63) is 69.9 Å². The lowest BCUT2D eigenvalue weighted by atomic mass is 10.2. The molecule has 3 rings (SSSR count). The van der Waals surface area contributed by atoms with Gasteiger partial charge in [-0.1, -0.05) is 52.6 Å². The topological polar surface area (TPSA) is 59.8 Å². The molecule has 0 saturated carbocycles. The summed E-state index contributed by atoms with van der Waals surface area (Å²) in [5.41, 5.74) is 1.07. The van der Waals surface area contributed by atoms with Gasteiger partial charge in [0, 0.05) is 12.1 Å². The van der Waals surface area contributed by atoms with E-state index in [9.17, 15) is 9.18 Å². The number of hydrogen-bond acceptors (Lipinski definition) is 4. The van der Waals surface area contributed by atoms with Crippen LogP contribution in [-0.4, -0.2) is 26.4 Å². The van der Waals surface area contributed by atoms with Crippen LogP contribution >= 0.6 is 46.6 Å². The van der Waals surface area contributed by atoms with Crippen LogP contribution in [0.3, 0.4) is 0 Å². The molecule has 0 radical (unpaired) electrons. The highest BCUT2D eigenvalue weighted by Gasteiger charge is 2.16. The first-order valence-corrected chi connectivity index (χ1v) is 10.4. The van der Waals surface area contributed by atoms with Gasteiger partial charge in [0.05, 0.1) is 26.5 Å². The summed E-state index contributed by atoms with van der Waals surface area (Å²) in [4.78, 5) is 12.3. The Labute approximate surface area is 185 Å². The largest absolute Gasteiger partial charge is 0.324 e. The van der Waals surface area contributed by atoms with E-state index >= 15 is 0 Å². The molecule has 0 atom stereocenters. The van der Waals surface area contributed by atoms with Gasteiger partial charge in [0.25, 0.3) is 0 Å². The number of hydrogen-bond donors (Lipinski definition) is 1. The summed E-state index contributed by atoms with van der Waals surface area (Å²) < 4.78 is 15.0. The van der Waals surface area contributed by atoms with Gasteiger partial charge in [-0.05, 0) is 36.4 Å². The van der Waals surface area contributed by atoms with E-state index in [1.807, 2.05) is 0 Å². The third-order valence-electron chi connectivity index (χ3n) is 3.75. The Morgan fingerprint density at radius 1 is 1.14 bits per heavy atom. The van der Waals surface area contributed by atoms with Crippen LogP contribution in [0.4, 0.5) is 10.1 Å². The highest BCUT2D eigenvalue weighted by Crippen LogP contribution is 2.32. The summed E-state index contributed by atoms with van der Waals surface area (Å²) in [6.45, 7) is 4.17. The summed E-state index contributed by atoms with van der Waals surface area (Å²) in [7, 11) is 0. The lowest BCUT2D eigenvalue weighted by Crippen LogP contribution is -2.15. The van der Waals surface area contributed by atoms with Crippen molar-refractivity contribution in [2.24, 2.45) is 0 Å². The van der Waals surface area contributed by atoms with Gasteiger partial charge in [-0.3, -0.25) is 9.36 Å². The molecule has 0 aliphatic heterocycles. The Morgan fingerprint density at radius 3 is 2.52 bits per heavy atom. The zero-order chi connectivity index (χ0) is 21.0. The molecule has 0 aliphatic carbocycles. The second-order valence-corrected chi connectivity index (χ2v) is 7.96. The van der Waals surface area contributed by atoms with E-state index in [1.165, 1.54) is 36.0 Å². The van der Waals surface area contributed by atoms with Gasteiger partial charge in [0.15, 0.2) is 11.0 Å². The predicted molar refractivity (Wildman–Crippen MR) is 116 cm³/mol. The van der Waals surface area contributed by atoms with Crippen LogP contribution in [-0.2, 0) is 11.3 Å². The molecule has 0 fully saturated rings. The van der Waals surface area contributed by atoms with Gasteiger partial charge in [0.2, 0.25) is 5.91 Å². The number of allylic oxidation sites excluding steroid dienone is 1. The Hall–Kier alpha value is -2.06. The van der Waals surface area contributed by atoms with Crippen LogP contribution in [0.5, 0.6) is 0 Å². The van der Waals surface area contributed by atoms with E-state index in [2.05, 4.69) is 22.1 Å². The molecule has 1 amide bonds. The number of carbonyl (C=O) groups excluding carboxylic acids is 1. The molecule has 0 aliphatic rings. The normalized spacial score (nSPS) is 10.8. The van der Waals surface area contributed by atoms with E-state index in [4.69, 9.17) is 34.8 Å². The number of nitrogens with one attached hydrogen (secondary N) is 1. The summed E-state index contributed by atoms with van der Waals surface area (Å²) in [6, 6.07) is 8.89. The van der Waals surface area contributed by atoms with Crippen LogP contribution in [0.2, 0.25) is 15.1 Å². The van der Waals surface area contributed by atoms with Crippen molar-refractivity contribution in [3.8, 4) is 11.4 Å². The Bertz CT molecular complexity index is 1060. The third kappa shape index (κ3) is 5.30. The van der Waals surface area contributed by atoms with Gasteiger partial charge in [0.1, 0.15) is 5.82 Å². The van der Waals surface area contributed by atoms with Gasteiger partial charge < -0.3 is 5.32 Å². The lowest BCUT2D eigenvalue weighted by Gasteiger charge is -2.10. The zero-order valence-electron chi connectivity index (χ0n) is 14.8. The number of rotatable bonds is 7. The van der Waals surface area contributed by atoms with Gasteiger partial charge >= 0.3 is 0 Å². The Morgan fingerprint density at radius 2 is 1.83 bits per heavy atom. The van der Waals surface area contributed by atoms with Crippen LogP contribution in [0.1, 0.15) is 0 Å². The molecule has 0 saturated heterocycles. The van der Waals surface area contributed by atoms with E-state index in [0.717, 1.165) is 0 Å². The monoisotopic (exact) mass is 470 g/mol. The van der Waals surface area contributed by atoms with Gasteiger partial charge in [-0.2, -0.15) is 0 Å². The molecule has 29 heavy (non-hydrogen) atoms. The maximum Gasteiger partial charge on any atom is 0.234 e. The SMILES string of the molecule is C=CCn1c(SCC(=O)Nc2cc(Cl)c(Cl)cc2Cl)nnc1-c1ccc(F)cc1. The van der Waals surface area contributed by atoms with Crippen molar-refractivity contribution >= 4 is 58.2 Å². The van der Waals surface area contributed by atoms with Crippen molar-refractivity contribution in [1.82, 2.24) is 14.8 Å². The van der Waals surface area contributed by atoms with Gasteiger partial charge in [-0.15, -0.1) is 16.8 Å². The predicted octanol–water partition coefficient (Wildman–Crippen LogP) is 5.96. The van der Waals surface area contributed by atoms with Crippen molar-refractivity contribution in [1.29, 1.82) is 0 Å². The Kier molecular flexibility index (Phi) is 7.18. The molecular weight excluding hydrogens is 458 g/mol. The quantitative estimate of drug-likeness (QED) is 0.262. The van der Waals surface area contributed by atoms with Crippen LogP contribution in [0.15, 0.2) is 54.2 Å². The molecular formula is C19H14Cl3FN4OS. The molecule has 0 unspecified atom stereocenters. The zero-order valence-corrected chi connectivity index (χ0v) is 17.9. The summed E-state index contributed by atoms with van der Waals surface area (Å²) in [6.07, 6.45) is 1.69. The number of anilines is 1. The number of aromatic nitrogens is 3. The average molecular weight is 472 g/mol. The minimum absolute atomic E-state index is 0.0648. The van der Waals surface area contributed by atoms with Crippen LogP contribution in [0.25, 0.3) is 11.4 Å². The maximum absolute atomic E-state index is 13.2. The van der Waals surface area contributed by atoms with E-state index in [0.29, 0.717) is 33.8 Å². The van der Waals surface area contributed by atoms with Crippen molar-refractivity contribution in [3.63, 3.8) is 0 Å². The summed E-state index contributed by atoms with van der Waals surface area (Å²) in [5.74, 6) is -0.0159. The van der Waals surface area contributed by atoms with E-state index < -0.39 is 0 Å². The molecule has 0 spiro atoms. The summed E-state index contributed by atoms with van der Waals surface area (Å²) in [5, 5.41) is 12.4.